The monoisotopic (exact) mass is 439 g/mol. The fourth-order valence-corrected chi connectivity index (χ4v) is 3.27. The smallest absolute Gasteiger partial charge is 0.332 e. The first kappa shape index (κ1) is 23.5. The maximum absolute atomic E-state index is 12.4. The molecule has 1 aromatic carbocycles. The Labute approximate surface area is 178 Å². The summed E-state index contributed by atoms with van der Waals surface area (Å²) in [6.07, 6.45) is 1.34. The summed E-state index contributed by atoms with van der Waals surface area (Å²) in [5.41, 5.74) is 0.413. The van der Waals surface area contributed by atoms with Crippen molar-refractivity contribution in [2.45, 2.75) is 32.0 Å². The van der Waals surface area contributed by atoms with E-state index in [-0.39, 0.29) is 35.5 Å². The average Bonchev–Trinajstić information content (AvgIpc) is 3.13. The molecule has 0 aliphatic heterocycles. The molecule has 11 heteroatoms. The van der Waals surface area contributed by atoms with Crippen LogP contribution in [0.25, 0.3) is 11.2 Å². The molecule has 0 amide bonds. The van der Waals surface area contributed by atoms with E-state index in [4.69, 9.17) is 0 Å². The lowest BCUT2D eigenvalue weighted by Gasteiger charge is -2.21. The molecule has 0 bridgehead atoms. The van der Waals surface area contributed by atoms with Crippen LogP contribution in [0.1, 0.15) is 25.0 Å². The molecule has 0 saturated carbocycles. The van der Waals surface area contributed by atoms with Gasteiger partial charge in [0, 0.05) is 26.7 Å². The summed E-state index contributed by atoms with van der Waals surface area (Å²) in [5, 5.41) is 32.6. The molecule has 4 N–H and O–H groups in total. The molecule has 10 nitrogen and oxygen atoms in total. The third kappa shape index (κ3) is 4.35. The number of rotatable bonds is 7. The Morgan fingerprint density at radius 2 is 1.83 bits per heavy atom. The molecule has 3 rings (SSSR count). The number of aliphatic hydroxyl groups is 1. The summed E-state index contributed by atoms with van der Waals surface area (Å²) in [6, 6.07) is 3.91. The van der Waals surface area contributed by atoms with E-state index in [1.165, 1.54) is 23.7 Å². The molecule has 0 saturated heterocycles. The summed E-state index contributed by atoms with van der Waals surface area (Å²) in [5.74, 6) is -0.519. The zero-order chi connectivity index (χ0) is 21.3. The number of benzene rings is 1. The standard InChI is InChI=1S/C19H25N5O5.ClH/c1-11(16(27)12-5-6-13(25)14(26)9-12)20-7-4-8-24-10-21-17-15(24)18(28)23(3)19(29)22(17)2;/h5-6,9-11,16,20,25-27H,4,7-8H2,1-3H3;1H. The first-order chi connectivity index (χ1) is 13.7. The number of nitrogens with one attached hydrogen (secondary N) is 1. The van der Waals surface area contributed by atoms with Crippen molar-refractivity contribution in [3.63, 3.8) is 0 Å². The van der Waals surface area contributed by atoms with Gasteiger partial charge in [-0.15, -0.1) is 12.4 Å². The molecule has 0 aliphatic rings. The predicted octanol–water partition coefficient (Wildman–Crippen LogP) is 0.369. The number of halogens is 1. The van der Waals surface area contributed by atoms with Crippen LogP contribution in [0.15, 0.2) is 34.1 Å². The van der Waals surface area contributed by atoms with Crippen molar-refractivity contribution in [3.8, 4) is 11.5 Å². The van der Waals surface area contributed by atoms with Gasteiger partial charge in [-0.25, -0.2) is 9.78 Å². The van der Waals surface area contributed by atoms with E-state index >= 15 is 0 Å². The van der Waals surface area contributed by atoms with E-state index in [1.807, 2.05) is 6.92 Å². The maximum atomic E-state index is 12.4. The van der Waals surface area contributed by atoms with Crippen molar-refractivity contribution in [3.05, 3.63) is 50.9 Å². The molecule has 2 heterocycles. The summed E-state index contributed by atoms with van der Waals surface area (Å²) < 4.78 is 4.12. The van der Waals surface area contributed by atoms with Crippen molar-refractivity contribution in [1.82, 2.24) is 24.0 Å². The van der Waals surface area contributed by atoms with E-state index in [9.17, 15) is 24.9 Å². The number of imidazole rings is 1. The normalized spacial score (nSPS) is 13.2. The molecule has 0 fully saturated rings. The zero-order valence-corrected chi connectivity index (χ0v) is 17.8. The number of phenols is 2. The molecular formula is C19H26ClN5O5. The van der Waals surface area contributed by atoms with Gasteiger partial charge in [-0.1, -0.05) is 6.07 Å². The number of nitrogens with zero attached hydrogens (tertiary/aromatic N) is 4. The van der Waals surface area contributed by atoms with Crippen molar-refractivity contribution in [2.75, 3.05) is 6.54 Å². The van der Waals surface area contributed by atoms with Crippen LogP contribution in [-0.4, -0.2) is 46.6 Å². The average molecular weight is 440 g/mol. The number of aliphatic hydroxyl groups excluding tert-OH is 1. The molecule has 0 radical (unpaired) electrons. The number of hydrogen-bond acceptors (Lipinski definition) is 7. The Bertz CT molecular complexity index is 1150. The molecule has 0 aliphatic carbocycles. The van der Waals surface area contributed by atoms with E-state index in [0.29, 0.717) is 36.2 Å². The highest BCUT2D eigenvalue weighted by atomic mass is 35.5. The molecule has 164 valence electrons. The van der Waals surface area contributed by atoms with Crippen LogP contribution in [0.2, 0.25) is 0 Å². The topological polar surface area (TPSA) is 135 Å². The van der Waals surface area contributed by atoms with Crippen LogP contribution in [0.4, 0.5) is 0 Å². The van der Waals surface area contributed by atoms with Gasteiger partial charge in [0.05, 0.1) is 12.4 Å². The van der Waals surface area contributed by atoms with Gasteiger partial charge in [0.1, 0.15) is 0 Å². The van der Waals surface area contributed by atoms with Gasteiger partial charge in [-0.2, -0.15) is 0 Å². The minimum Gasteiger partial charge on any atom is -0.504 e. The minimum absolute atomic E-state index is 0. The quantitative estimate of drug-likeness (QED) is 0.308. The van der Waals surface area contributed by atoms with E-state index in [1.54, 1.807) is 24.0 Å². The molecule has 3 aromatic rings. The van der Waals surface area contributed by atoms with Crippen molar-refractivity contribution in [1.29, 1.82) is 0 Å². The third-order valence-electron chi connectivity index (χ3n) is 5.07. The van der Waals surface area contributed by atoms with E-state index in [0.717, 1.165) is 4.57 Å². The highest BCUT2D eigenvalue weighted by Gasteiger charge is 2.18. The first-order valence-electron chi connectivity index (χ1n) is 9.26. The van der Waals surface area contributed by atoms with Gasteiger partial charge in [-0.05, 0) is 37.6 Å². The van der Waals surface area contributed by atoms with Crippen molar-refractivity contribution in [2.24, 2.45) is 14.1 Å². The Morgan fingerprint density at radius 3 is 2.50 bits per heavy atom. The van der Waals surface area contributed by atoms with Crippen LogP contribution < -0.4 is 16.6 Å². The van der Waals surface area contributed by atoms with Crippen molar-refractivity contribution >= 4 is 23.6 Å². The molecule has 30 heavy (non-hydrogen) atoms. The van der Waals surface area contributed by atoms with Gasteiger partial charge in [0.15, 0.2) is 22.7 Å². The third-order valence-corrected chi connectivity index (χ3v) is 5.07. The molecule has 2 atom stereocenters. The predicted molar refractivity (Wildman–Crippen MR) is 114 cm³/mol. The second kappa shape index (κ2) is 9.33. The van der Waals surface area contributed by atoms with Crippen LogP contribution in [-0.2, 0) is 20.6 Å². The molecule has 2 unspecified atom stereocenters. The fraction of sp³-hybridized carbons (Fsp3) is 0.421. The van der Waals surface area contributed by atoms with Crippen LogP contribution >= 0.6 is 12.4 Å². The minimum atomic E-state index is -0.864. The van der Waals surface area contributed by atoms with E-state index < -0.39 is 11.8 Å². The van der Waals surface area contributed by atoms with E-state index in [2.05, 4.69) is 10.3 Å². The Morgan fingerprint density at radius 1 is 1.13 bits per heavy atom. The molecular weight excluding hydrogens is 414 g/mol. The number of fused-ring (bicyclic) bond motifs is 1. The number of aryl methyl sites for hydroxylation is 2. The Kier molecular flexibility index (Phi) is 7.30. The van der Waals surface area contributed by atoms with Gasteiger partial charge in [0.25, 0.3) is 5.56 Å². The Hall–Kier alpha value is -2.82. The number of aromatic hydroxyl groups is 2. The van der Waals surface area contributed by atoms with Gasteiger partial charge in [0.2, 0.25) is 0 Å². The van der Waals surface area contributed by atoms with Crippen LogP contribution in [0, 0.1) is 0 Å². The SMILES string of the molecule is CC(NCCCn1cnc2c1c(=O)n(C)c(=O)n2C)C(O)c1ccc(O)c(O)c1.Cl. The number of aromatic nitrogens is 4. The maximum Gasteiger partial charge on any atom is 0.332 e. The lowest BCUT2D eigenvalue weighted by molar-refractivity contribution is 0.135. The first-order valence-corrected chi connectivity index (χ1v) is 9.26. The highest BCUT2D eigenvalue weighted by Crippen LogP contribution is 2.28. The van der Waals surface area contributed by atoms with Gasteiger partial charge >= 0.3 is 5.69 Å². The number of phenolic OH excluding ortho intramolecular Hbond substituents is 2. The second-order valence-electron chi connectivity index (χ2n) is 7.11. The number of hydrogen-bond donors (Lipinski definition) is 4. The summed E-state index contributed by atoms with van der Waals surface area (Å²) in [4.78, 5) is 28.6. The zero-order valence-electron chi connectivity index (χ0n) is 16.9. The lowest BCUT2D eigenvalue weighted by Crippen LogP contribution is -2.37. The largest absolute Gasteiger partial charge is 0.504 e. The van der Waals surface area contributed by atoms with Crippen LogP contribution in [0.5, 0.6) is 11.5 Å². The summed E-state index contributed by atoms with van der Waals surface area (Å²) in [6.45, 7) is 2.89. The Balaban J connectivity index is 0.00000320. The second-order valence-corrected chi connectivity index (χ2v) is 7.11. The molecule has 2 aromatic heterocycles. The van der Waals surface area contributed by atoms with Crippen molar-refractivity contribution < 1.29 is 15.3 Å². The summed E-state index contributed by atoms with van der Waals surface area (Å²) in [7, 11) is 3.01. The van der Waals surface area contributed by atoms with Crippen LogP contribution in [0.3, 0.4) is 0 Å². The molecule has 0 spiro atoms. The summed E-state index contributed by atoms with van der Waals surface area (Å²) >= 11 is 0. The van der Waals surface area contributed by atoms with Gasteiger partial charge in [-0.3, -0.25) is 13.9 Å². The fourth-order valence-electron chi connectivity index (χ4n) is 3.27. The highest BCUT2D eigenvalue weighted by molar-refractivity contribution is 5.85. The lowest BCUT2D eigenvalue weighted by atomic mass is 10.0. The van der Waals surface area contributed by atoms with Gasteiger partial charge < -0.3 is 25.2 Å².